The SMILES string of the molecule is COC(=O)C(CC(=O)c1ccc(C)cc1)CC(=O)c1ccc(F)cc1. The fraction of sp³-hybridized carbons (Fsp3) is 0.250. The van der Waals surface area contributed by atoms with Crippen molar-refractivity contribution in [3.8, 4) is 0 Å². The summed E-state index contributed by atoms with van der Waals surface area (Å²) in [5.74, 6) is -2.52. The number of esters is 1. The quantitative estimate of drug-likeness (QED) is 0.568. The first kappa shape index (κ1) is 18.5. The van der Waals surface area contributed by atoms with Gasteiger partial charge in [-0.25, -0.2) is 4.39 Å². The molecule has 130 valence electrons. The molecule has 0 aliphatic carbocycles. The maximum absolute atomic E-state index is 13.0. The minimum absolute atomic E-state index is 0.122. The van der Waals surface area contributed by atoms with Crippen LogP contribution < -0.4 is 0 Å². The van der Waals surface area contributed by atoms with Crippen LogP contribution in [-0.4, -0.2) is 24.6 Å². The van der Waals surface area contributed by atoms with Crippen LogP contribution in [0.2, 0.25) is 0 Å². The number of Topliss-reactive ketones (excluding diaryl/α,β-unsaturated/α-hetero) is 2. The van der Waals surface area contributed by atoms with Gasteiger partial charge in [-0.2, -0.15) is 0 Å². The molecule has 0 spiro atoms. The zero-order chi connectivity index (χ0) is 18.4. The van der Waals surface area contributed by atoms with E-state index in [0.717, 1.165) is 5.56 Å². The number of carbonyl (C=O) groups excluding carboxylic acids is 3. The summed E-state index contributed by atoms with van der Waals surface area (Å²) in [6.07, 6.45) is -0.293. The third kappa shape index (κ3) is 5.08. The Labute approximate surface area is 145 Å². The highest BCUT2D eigenvalue weighted by molar-refractivity contribution is 6.01. The van der Waals surface area contributed by atoms with E-state index in [0.29, 0.717) is 5.56 Å². The Balaban J connectivity index is 2.11. The number of carbonyl (C=O) groups is 3. The number of halogens is 1. The number of aryl methyl sites for hydroxylation is 1. The summed E-state index contributed by atoms with van der Waals surface area (Å²) >= 11 is 0. The molecule has 0 bridgehead atoms. The van der Waals surface area contributed by atoms with Gasteiger partial charge in [-0.05, 0) is 31.2 Å². The van der Waals surface area contributed by atoms with Crippen molar-refractivity contribution >= 4 is 17.5 Å². The molecule has 0 fully saturated rings. The summed E-state index contributed by atoms with van der Waals surface area (Å²) in [5, 5.41) is 0. The maximum Gasteiger partial charge on any atom is 0.309 e. The molecular formula is C20H19FO4. The van der Waals surface area contributed by atoms with Gasteiger partial charge in [-0.1, -0.05) is 29.8 Å². The molecule has 25 heavy (non-hydrogen) atoms. The van der Waals surface area contributed by atoms with E-state index in [9.17, 15) is 18.8 Å². The number of methoxy groups -OCH3 is 1. The molecule has 0 N–H and O–H groups in total. The highest BCUT2D eigenvalue weighted by atomic mass is 19.1. The van der Waals surface area contributed by atoms with Crippen molar-refractivity contribution in [1.82, 2.24) is 0 Å². The van der Waals surface area contributed by atoms with Crippen molar-refractivity contribution < 1.29 is 23.5 Å². The zero-order valence-electron chi connectivity index (χ0n) is 14.1. The van der Waals surface area contributed by atoms with Crippen LogP contribution in [0.5, 0.6) is 0 Å². The maximum atomic E-state index is 13.0. The summed E-state index contributed by atoms with van der Waals surface area (Å²) in [6.45, 7) is 1.91. The Morgan fingerprint density at radius 1 is 0.880 bits per heavy atom. The second-order valence-electron chi connectivity index (χ2n) is 5.85. The van der Waals surface area contributed by atoms with Gasteiger partial charge in [-0.15, -0.1) is 0 Å². The lowest BCUT2D eigenvalue weighted by atomic mass is 9.91. The highest BCUT2D eigenvalue weighted by Crippen LogP contribution is 2.19. The standard InChI is InChI=1S/C20H19FO4/c1-13-3-5-14(6-4-13)18(22)11-16(20(24)25-2)12-19(23)15-7-9-17(21)10-8-15/h3-10,16H,11-12H2,1-2H3. The molecule has 0 aliphatic heterocycles. The van der Waals surface area contributed by atoms with Crippen LogP contribution in [0.15, 0.2) is 48.5 Å². The largest absolute Gasteiger partial charge is 0.469 e. The predicted octanol–water partition coefficient (Wildman–Crippen LogP) is 3.77. The van der Waals surface area contributed by atoms with Crippen LogP contribution in [-0.2, 0) is 9.53 Å². The number of hydrogen-bond donors (Lipinski definition) is 0. The van der Waals surface area contributed by atoms with E-state index in [2.05, 4.69) is 0 Å². The molecule has 0 amide bonds. The second kappa shape index (κ2) is 8.33. The number of ether oxygens (including phenoxy) is 1. The first-order chi connectivity index (χ1) is 11.9. The van der Waals surface area contributed by atoms with E-state index < -0.39 is 17.7 Å². The van der Waals surface area contributed by atoms with Crippen LogP contribution in [0.25, 0.3) is 0 Å². The van der Waals surface area contributed by atoms with E-state index in [1.807, 2.05) is 19.1 Å². The second-order valence-corrected chi connectivity index (χ2v) is 5.85. The Kier molecular flexibility index (Phi) is 6.17. The van der Waals surface area contributed by atoms with Crippen molar-refractivity contribution in [1.29, 1.82) is 0 Å². The van der Waals surface area contributed by atoms with Gasteiger partial charge in [0, 0.05) is 24.0 Å². The lowest BCUT2D eigenvalue weighted by Crippen LogP contribution is -2.23. The van der Waals surface area contributed by atoms with E-state index in [1.165, 1.54) is 31.4 Å². The summed E-state index contributed by atoms with van der Waals surface area (Å²) in [6, 6.07) is 12.1. The predicted molar refractivity (Wildman–Crippen MR) is 91.0 cm³/mol. The minimum atomic E-state index is -0.878. The Bertz CT molecular complexity index is 704. The molecule has 1 atom stereocenters. The van der Waals surface area contributed by atoms with Crippen LogP contribution in [0.4, 0.5) is 4.39 Å². The fourth-order valence-corrected chi connectivity index (χ4v) is 2.46. The van der Waals surface area contributed by atoms with Gasteiger partial charge >= 0.3 is 5.97 Å². The van der Waals surface area contributed by atoms with Crippen LogP contribution in [0, 0.1) is 18.7 Å². The Morgan fingerprint density at radius 3 is 1.76 bits per heavy atom. The molecule has 5 heteroatoms. The molecule has 0 aliphatic rings. The molecule has 0 aromatic heterocycles. The summed E-state index contributed by atoms with van der Waals surface area (Å²) < 4.78 is 17.7. The molecule has 4 nitrogen and oxygen atoms in total. The van der Waals surface area contributed by atoms with Crippen molar-refractivity contribution in [3.63, 3.8) is 0 Å². The van der Waals surface area contributed by atoms with Crippen LogP contribution in [0.1, 0.15) is 39.1 Å². The van der Waals surface area contributed by atoms with Gasteiger partial charge in [0.2, 0.25) is 0 Å². The molecule has 0 heterocycles. The van der Waals surface area contributed by atoms with E-state index in [-0.39, 0.29) is 30.0 Å². The van der Waals surface area contributed by atoms with Crippen molar-refractivity contribution in [2.24, 2.45) is 5.92 Å². The van der Waals surface area contributed by atoms with Crippen molar-refractivity contribution in [3.05, 3.63) is 71.0 Å². The van der Waals surface area contributed by atoms with Gasteiger partial charge in [-0.3, -0.25) is 14.4 Å². The van der Waals surface area contributed by atoms with Gasteiger partial charge < -0.3 is 4.74 Å². The highest BCUT2D eigenvalue weighted by Gasteiger charge is 2.26. The van der Waals surface area contributed by atoms with E-state index in [1.54, 1.807) is 12.1 Å². The average Bonchev–Trinajstić information content (AvgIpc) is 2.61. The van der Waals surface area contributed by atoms with E-state index in [4.69, 9.17) is 4.74 Å². The Morgan fingerprint density at radius 2 is 1.32 bits per heavy atom. The molecular weight excluding hydrogens is 323 g/mol. The van der Waals surface area contributed by atoms with Gasteiger partial charge in [0.25, 0.3) is 0 Å². The molecule has 2 rings (SSSR count). The topological polar surface area (TPSA) is 60.4 Å². The normalized spacial score (nSPS) is 11.6. The number of rotatable bonds is 7. The summed E-state index contributed by atoms with van der Waals surface area (Å²) in [7, 11) is 1.22. The first-order valence-corrected chi connectivity index (χ1v) is 7.87. The lowest BCUT2D eigenvalue weighted by Gasteiger charge is -2.13. The third-order valence-electron chi connectivity index (χ3n) is 3.94. The molecule has 2 aromatic carbocycles. The Hall–Kier alpha value is -2.82. The molecule has 2 aromatic rings. The fourth-order valence-electron chi connectivity index (χ4n) is 2.46. The lowest BCUT2D eigenvalue weighted by molar-refractivity contribution is -0.145. The van der Waals surface area contributed by atoms with Crippen LogP contribution in [0.3, 0.4) is 0 Å². The first-order valence-electron chi connectivity index (χ1n) is 7.87. The van der Waals surface area contributed by atoms with Gasteiger partial charge in [0.1, 0.15) is 5.82 Å². The summed E-state index contributed by atoms with van der Waals surface area (Å²) in [5.41, 5.74) is 1.79. The van der Waals surface area contributed by atoms with Gasteiger partial charge in [0.05, 0.1) is 13.0 Å². The molecule has 1 unspecified atom stereocenters. The van der Waals surface area contributed by atoms with Crippen molar-refractivity contribution in [2.75, 3.05) is 7.11 Å². The molecule has 0 radical (unpaired) electrons. The number of hydrogen-bond acceptors (Lipinski definition) is 4. The third-order valence-corrected chi connectivity index (χ3v) is 3.94. The zero-order valence-corrected chi connectivity index (χ0v) is 14.1. The number of benzene rings is 2. The summed E-state index contributed by atoms with van der Waals surface area (Å²) in [4.78, 5) is 36.7. The van der Waals surface area contributed by atoms with Gasteiger partial charge in [0.15, 0.2) is 11.6 Å². The van der Waals surface area contributed by atoms with Crippen molar-refractivity contribution in [2.45, 2.75) is 19.8 Å². The minimum Gasteiger partial charge on any atom is -0.469 e. The monoisotopic (exact) mass is 342 g/mol. The smallest absolute Gasteiger partial charge is 0.309 e. The van der Waals surface area contributed by atoms with Crippen LogP contribution >= 0.6 is 0 Å². The van der Waals surface area contributed by atoms with E-state index >= 15 is 0 Å². The molecule has 0 saturated heterocycles. The molecule has 0 saturated carbocycles. The number of ketones is 2. The average molecular weight is 342 g/mol.